The van der Waals surface area contributed by atoms with Crippen molar-refractivity contribution in [1.82, 2.24) is 29.8 Å². The molecule has 1 aromatic carbocycles. The molecule has 0 atom stereocenters. The number of rotatable bonds is 4. The van der Waals surface area contributed by atoms with Gasteiger partial charge in [-0.2, -0.15) is 5.10 Å². The first-order valence-corrected chi connectivity index (χ1v) is 8.48. The number of pyridine rings is 1. The third kappa shape index (κ3) is 2.88. The Balaban J connectivity index is 1.42. The number of carbonyl (C=O) groups excluding carboxylic acids is 1. The molecule has 0 unspecified atom stereocenters. The lowest BCUT2D eigenvalue weighted by molar-refractivity contribution is 0.240. The quantitative estimate of drug-likeness (QED) is 0.595. The predicted molar refractivity (Wildman–Crippen MR) is 99.7 cm³/mol. The van der Waals surface area contributed by atoms with Crippen LogP contribution in [0.3, 0.4) is 0 Å². The number of hydrogen-bond acceptors (Lipinski definition) is 3. The Morgan fingerprint density at radius 2 is 1.85 bits per heavy atom. The second-order valence-electron chi connectivity index (χ2n) is 6.20. The average Bonchev–Trinajstić information content (AvgIpc) is 3.15. The Morgan fingerprint density at radius 1 is 1.08 bits per heavy atom. The van der Waals surface area contributed by atoms with Gasteiger partial charge in [-0.1, -0.05) is 24.3 Å². The van der Waals surface area contributed by atoms with Crippen LogP contribution in [0.1, 0.15) is 17.1 Å². The van der Waals surface area contributed by atoms with E-state index in [4.69, 9.17) is 0 Å². The van der Waals surface area contributed by atoms with Crippen molar-refractivity contribution in [1.29, 1.82) is 0 Å². The number of nitrogens with one attached hydrogen (secondary N) is 2. The van der Waals surface area contributed by atoms with Crippen LogP contribution in [-0.4, -0.2) is 25.2 Å². The molecule has 0 aliphatic rings. The van der Waals surface area contributed by atoms with Crippen LogP contribution in [0.4, 0.5) is 4.79 Å². The molecule has 0 fully saturated rings. The standard InChI is InChI=1S/C19H20N6O/c1-13-17(25-10-6-5-9-18(25)22-13)12-21-19(26)20-11-15-14-7-3-4-8-16(14)24(2)23-15/h3-10H,11-12H2,1-2H3,(H2,20,21,26). The number of urea groups is 1. The minimum atomic E-state index is -0.231. The summed E-state index contributed by atoms with van der Waals surface area (Å²) in [5.74, 6) is 0. The van der Waals surface area contributed by atoms with Crippen LogP contribution in [-0.2, 0) is 20.1 Å². The number of benzene rings is 1. The molecule has 2 amide bonds. The summed E-state index contributed by atoms with van der Waals surface area (Å²) in [6.45, 7) is 2.73. The van der Waals surface area contributed by atoms with Gasteiger partial charge in [0.15, 0.2) is 0 Å². The molecule has 7 nitrogen and oxygen atoms in total. The Morgan fingerprint density at radius 3 is 2.73 bits per heavy atom. The number of aryl methyl sites for hydroxylation is 2. The first-order chi connectivity index (χ1) is 12.6. The fourth-order valence-electron chi connectivity index (χ4n) is 3.19. The maximum absolute atomic E-state index is 12.2. The molecule has 3 aromatic heterocycles. The minimum Gasteiger partial charge on any atom is -0.332 e. The predicted octanol–water partition coefficient (Wildman–Crippen LogP) is 2.53. The summed E-state index contributed by atoms with van der Waals surface area (Å²) in [5.41, 5.74) is 4.66. The number of para-hydroxylation sites is 1. The number of fused-ring (bicyclic) bond motifs is 2. The molecule has 0 spiro atoms. The topological polar surface area (TPSA) is 76.2 Å². The van der Waals surface area contributed by atoms with E-state index in [0.717, 1.165) is 33.6 Å². The fraction of sp³-hybridized carbons (Fsp3) is 0.211. The van der Waals surface area contributed by atoms with Gasteiger partial charge >= 0.3 is 6.03 Å². The highest BCUT2D eigenvalue weighted by atomic mass is 16.2. The zero-order valence-electron chi connectivity index (χ0n) is 14.7. The molecular formula is C19H20N6O. The first-order valence-electron chi connectivity index (χ1n) is 8.48. The van der Waals surface area contributed by atoms with Crippen LogP contribution in [0.25, 0.3) is 16.6 Å². The Labute approximate surface area is 150 Å². The lowest BCUT2D eigenvalue weighted by atomic mass is 10.2. The molecule has 7 heteroatoms. The maximum Gasteiger partial charge on any atom is 0.315 e. The van der Waals surface area contributed by atoms with E-state index >= 15 is 0 Å². The number of amides is 2. The normalized spacial score (nSPS) is 11.2. The summed E-state index contributed by atoms with van der Waals surface area (Å²) in [5, 5.41) is 11.3. The number of hydrogen-bond donors (Lipinski definition) is 2. The molecule has 0 radical (unpaired) electrons. The van der Waals surface area contributed by atoms with Gasteiger partial charge in [-0.3, -0.25) is 4.68 Å². The van der Waals surface area contributed by atoms with Gasteiger partial charge in [0.25, 0.3) is 0 Å². The summed E-state index contributed by atoms with van der Waals surface area (Å²) in [7, 11) is 1.90. The van der Waals surface area contributed by atoms with Crippen LogP contribution in [0.2, 0.25) is 0 Å². The van der Waals surface area contributed by atoms with Crippen molar-refractivity contribution in [2.45, 2.75) is 20.0 Å². The third-order valence-electron chi connectivity index (χ3n) is 4.50. The van der Waals surface area contributed by atoms with E-state index in [-0.39, 0.29) is 6.03 Å². The molecule has 132 valence electrons. The lowest BCUT2D eigenvalue weighted by Gasteiger charge is -2.07. The van der Waals surface area contributed by atoms with Gasteiger partial charge in [0.1, 0.15) is 5.65 Å². The molecule has 0 aliphatic carbocycles. The summed E-state index contributed by atoms with van der Waals surface area (Å²) in [6, 6.07) is 13.6. The van der Waals surface area contributed by atoms with Gasteiger partial charge in [-0.25, -0.2) is 9.78 Å². The number of imidazole rings is 1. The average molecular weight is 348 g/mol. The van der Waals surface area contributed by atoms with Crippen LogP contribution in [0.5, 0.6) is 0 Å². The van der Waals surface area contributed by atoms with Gasteiger partial charge < -0.3 is 15.0 Å². The highest BCUT2D eigenvalue weighted by Gasteiger charge is 2.11. The van der Waals surface area contributed by atoms with Crippen molar-refractivity contribution in [3.05, 3.63) is 65.7 Å². The summed E-state index contributed by atoms with van der Waals surface area (Å²) < 4.78 is 3.81. The highest BCUT2D eigenvalue weighted by molar-refractivity contribution is 5.82. The number of aromatic nitrogens is 4. The van der Waals surface area contributed by atoms with Crippen molar-refractivity contribution in [2.75, 3.05) is 0 Å². The largest absolute Gasteiger partial charge is 0.332 e. The summed E-state index contributed by atoms with van der Waals surface area (Å²) in [4.78, 5) is 16.7. The fourth-order valence-corrected chi connectivity index (χ4v) is 3.19. The van der Waals surface area contributed by atoms with Crippen molar-refractivity contribution in [3.63, 3.8) is 0 Å². The molecule has 0 saturated heterocycles. The molecule has 4 rings (SSSR count). The molecular weight excluding hydrogens is 328 g/mol. The molecule has 0 saturated carbocycles. The van der Waals surface area contributed by atoms with Crippen molar-refractivity contribution < 1.29 is 4.79 Å². The van der Waals surface area contributed by atoms with Crippen LogP contribution in [0.15, 0.2) is 48.7 Å². The van der Waals surface area contributed by atoms with E-state index in [2.05, 4.69) is 20.7 Å². The van der Waals surface area contributed by atoms with E-state index < -0.39 is 0 Å². The molecule has 3 heterocycles. The van der Waals surface area contributed by atoms with Crippen molar-refractivity contribution in [3.8, 4) is 0 Å². The van der Waals surface area contributed by atoms with E-state index in [0.29, 0.717) is 13.1 Å². The van der Waals surface area contributed by atoms with Gasteiger partial charge in [0.2, 0.25) is 0 Å². The highest BCUT2D eigenvalue weighted by Crippen LogP contribution is 2.17. The molecule has 0 bridgehead atoms. The second kappa shape index (κ2) is 6.51. The van der Waals surface area contributed by atoms with Gasteiger partial charge in [0, 0.05) is 18.6 Å². The SMILES string of the molecule is Cc1nc2ccccn2c1CNC(=O)NCc1nn(C)c2ccccc12. The van der Waals surface area contributed by atoms with Crippen LogP contribution < -0.4 is 10.6 Å². The monoisotopic (exact) mass is 348 g/mol. The smallest absolute Gasteiger partial charge is 0.315 e. The molecule has 0 aliphatic heterocycles. The Kier molecular flexibility index (Phi) is 4.04. The summed E-state index contributed by atoms with van der Waals surface area (Å²) >= 11 is 0. The third-order valence-corrected chi connectivity index (χ3v) is 4.50. The molecule has 4 aromatic rings. The zero-order valence-corrected chi connectivity index (χ0v) is 14.7. The molecule has 2 N–H and O–H groups in total. The zero-order chi connectivity index (χ0) is 18.1. The Hall–Kier alpha value is -3.35. The molecule has 26 heavy (non-hydrogen) atoms. The van der Waals surface area contributed by atoms with Crippen molar-refractivity contribution in [2.24, 2.45) is 7.05 Å². The van der Waals surface area contributed by atoms with Crippen LogP contribution in [0, 0.1) is 6.92 Å². The van der Waals surface area contributed by atoms with Crippen molar-refractivity contribution >= 4 is 22.6 Å². The summed E-state index contributed by atoms with van der Waals surface area (Å²) in [6.07, 6.45) is 1.95. The van der Waals surface area contributed by atoms with Gasteiger partial charge in [0.05, 0.1) is 35.7 Å². The second-order valence-corrected chi connectivity index (χ2v) is 6.20. The van der Waals surface area contributed by atoms with E-state index in [1.807, 2.05) is 71.7 Å². The first kappa shape index (κ1) is 16.1. The lowest BCUT2D eigenvalue weighted by Crippen LogP contribution is -2.35. The van der Waals surface area contributed by atoms with Crippen LogP contribution >= 0.6 is 0 Å². The number of nitrogens with zero attached hydrogens (tertiary/aromatic N) is 4. The van der Waals surface area contributed by atoms with E-state index in [1.165, 1.54) is 0 Å². The van der Waals surface area contributed by atoms with Gasteiger partial charge in [-0.05, 0) is 25.1 Å². The minimum absolute atomic E-state index is 0.231. The number of carbonyl (C=O) groups is 1. The Bertz CT molecular complexity index is 1090. The van der Waals surface area contributed by atoms with Gasteiger partial charge in [-0.15, -0.1) is 0 Å². The maximum atomic E-state index is 12.2. The van der Waals surface area contributed by atoms with E-state index in [9.17, 15) is 4.79 Å². The van der Waals surface area contributed by atoms with E-state index in [1.54, 1.807) is 0 Å².